The van der Waals surface area contributed by atoms with E-state index >= 15 is 0 Å². The molecule has 2 aromatic rings. The van der Waals surface area contributed by atoms with Gasteiger partial charge < -0.3 is 9.47 Å². The van der Waals surface area contributed by atoms with E-state index in [1.54, 1.807) is 0 Å². The van der Waals surface area contributed by atoms with Crippen molar-refractivity contribution in [3.05, 3.63) is 71.8 Å². The van der Waals surface area contributed by atoms with Crippen molar-refractivity contribution in [3.8, 4) is 0 Å². The highest BCUT2D eigenvalue weighted by Gasteiger charge is 1.96. The Hall–Kier alpha value is -1.29. The van der Waals surface area contributed by atoms with Crippen molar-refractivity contribution in [2.24, 2.45) is 0 Å². The molecule has 0 aromatic heterocycles. The summed E-state index contributed by atoms with van der Waals surface area (Å²) in [5, 5.41) is 0. The van der Waals surface area contributed by atoms with E-state index in [9.17, 15) is 0 Å². The summed E-state index contributed by atoms with van der Waals surface area (Å²) in [6.07, 6.45) is 7.50. The molecule has 148 valence electrons. The molecular weight excluding hydrogens is 352 g/mol. The van der Waals surface area contributed by atoms with Gasteiger partial charge in [-0.15, -0.1) is 0 Å². The van der Waals surface area contributed by atoms with E-state index in [4.69, 9.17) is 9.47 Å². The molecule has 0 saturated heterocycles. The summed E-state index contributed by atoms with van der Waals surface area (Å²) in [7, 11) is 0. The Morgan fingerprint density at radius 2 is 0.963 bits per heavy atom. The largest absolute Gasteiger partial charge is 0.377 e. The van der Waals surface area contributed by atoms with Crippen molar-refractivity contribution in [1.82, 2.24) is 0 Å². The molecule has 0 radical (unpaired) electrons. The number of hydrogen-bond donors (Lipinski definition) is 0. The summed E-state index contributed by atoms with van der Waals surface area (Å²) in [4.78, 5) is 0. The number of thioether (sulfide) groups is 1. The first kappa shape index (κ1) is 22.0. The summed E-state index contributed by atoms with van der Waals surface area (Å²) in [6, 6.07) is 20.8. The average molecular weight is 387 g/mol. The predicted molar refractivity (Wildman–Crippen MR) is 117 cm³/mol. The van der Waals surface area contributed by atoms with Crippen molar-refractivity contribution in [3.63, 3.8) is 0 Å². The van der Waals surface area contributed by atoms with Crippen molar-refractivity contribution >= 4 is 11.8 Å². The molecule has 0 aliphatic carbocycles. The number of unbranched alkanes of at least 4 members (excludes halogenated alkanes) is 4. The van der Waals surface area contributed by atoms with Gasteiger partial charge in [0.25, 0.3) is 0 Å². The second-order valence-electron chi connectivity index (χ2n) is 6.81. The second kappa shape index (κ2) is 15.7. The van der Waals surface area contributed by atoms with Gasteiger partial charge in [0, 0.05) is 13.2 Å². The van der Waals surface area contributed by atoms with Crippen LogP contribution in [-0.4, -0.2) is 24.7 Å². The molecular formula is C24H34O2S. The van der Waals surface area contributed by atoms with Gasteiger partial charge in [0.15, 0.2) is 0 Å². The van der Waals surface area contributed by atoms with E-state index in [0.29, 0.717) is 0 Å². The zero-order chi connectivity index (χ0) is 18.8. The highest BCUT2D eigenvalue weighted by molar-refractivity contribution is 7.99. The van der Waals surface area contributed by atoms with Crippen LogP contribution in [-0.2, 0) is 22.7 Å². The van der Waals surface area contributed by atoms with Crippen LogP contribution in [0.25, 0.3) is 0 Å². The van der Waals surface area contributed by atoms with Crippen LogP contribution >= 0.6 is 11.8 Å². The lowest BCUT2D eigenvalue weighted by Crippen LogP contribution is -1.96. The molecule has 0 aliphatic heterocycles. The first-order valence-electron chi connectivity index (χ1n) is 10.3. The predicted octanol–water partition coefficient (Wildman–Crippen LogP) is 6.49. The molecule has 27 heavy (non-hydrogen) atoms. The highest BCUT2D eigenvalue weighted by atomic mass is 32.2. The molecule has 0 bridgehead atoms. The Morgan fingerprint density at radius 3 is 1.41 bits per heavy atom. The molecule has 2 aromatic carbocycles. The van der Waals surface area contributed by atoms with Crippen LogP contribution in [0.1, 0.15) is 49.7 Å². The average Bonchev–Trinajstić information content (AvgIpc) is 2.72. The lowest BCUT2D eigenvalue weighted by molar-refractivity contribution is 0.117. The molecule has 0 N–H and O–H groups in total. The Kier molecular flexibility index (Phi) is 12.8. The molecule has 2 rings (SSSR count). The number of benzene rings is 2. The lowest BCUT2D eigenvalue weighted by Gasteiger charge is -2.05. The second-order valence-corrected chi connectivity index (χ2v) is 8.03. The fourth-order valence-electron chi connectivity index (χ4n) is 2.80. The van der Waals surface area contributed by atoms with Crippen molar-refractivity contribution in [1.29, 1.82) is 0 Å². The molecule has 0 unspecified atom stereocenters. The Bertz CT molecular complexity index is 508. The third-order valence-corrected chi connectivity index (χ3v) is 5.53. The van der Waals surface area contributed by atoms with Gasteiger partial charge in [-0.25, -0.2) is 0 Å². The zero-order valence-corrected chi connectivity index (χ0v) is 17.3. The topological polar surface area (TPSA) is 18.5 Å². The summed E-state index contributed by atoms with van der Waals surface area (Å²) < 4.78 is 11.4. The number of hydrogen-bond acceptors (Lipinski definition) is 3. The zero-order valence-electron chi connectivity index (χ0n) is 16.5. The third-order valence-electron chi connectivity index (χ3n) is 4.38. The fourth-order valence-corrected chi connectivity index (χ4v) is 3.82. The van der Waals surface area contributed by atoms with Crippen LogP contribution in [0.2, 0.25) is 0 Å². The standard InChI is InChI=1S/C24H34O2S/c1-5-13-23(14-6-1)21-25-17-9-3-11-19-27-20-12-4-10-18-26-22-24-15-7-2-8-16-24/h1-2,5-8,13-16H,3-4,9-12,17-22H2. The van der Waals surface area contributed by atoms with E-state index in [-0.39, 0.29) is 0 Å². The SMILES string of the molecule is c1ccc(COCCCCCSCCCCCOCc2ccccc2)cc1. The number of rotatable bonds is 16. The summed E-state index contributed by atoms with van der Waals surface area (Å²) in [5.41, 5.74) is 2.53. The fraction of sp³-hybridized carbons (Fsp3) is 0.500. The van der Waals surface area contributed by atoms with E-state index in [1.165, 1.54) is 61.2 Å². The quantitative estimate of drug-likeness (QED) is 0.307. The van der Waals surface area contributed by atoms with Crippen LogP contribution < -0.4 is 0 Å². The van der Waals surface area contributed by atoms with E-state index in [1.807, 2.05) is 12.1 Å². The van der Waals surface area contributed by atoms with E-state index < -0.39 is 0 Å². The number of ether oxygens (including phenoxy) is 2. The minimum atomic E-state index is 0.741. The van der Waals surface area contributed by atoms with Crippen LogP contribution in [0.3, 0.4) is 0 Å². The highest BCUT2D eigenvalue weighted by Crippen LogP contribution is 2.11. The molecule has 0 atom stereocenters. The van der Waals surface area contributed by atoms with Gasteiger partial charge >= 0.3 is 0 Å². The lowest BCUT2D eigenvalue weighted by atomic mass is 10.2. The van der Waals surface area contributed by atoms with Crippen LogP contribution in [0.4, 0.5) is 0 Å². The van der Waals surface area contributed by atoms with Gasteiger partial charge in [-0.05, 0) is 48.3 Å². The molecule has 0 heterocycles. The van der Waals surface area contributed by atoms with Crippen LogP contribution in [0.15, 0.2) is 60.7 Å². The maximum atomic E-state index is 5.72. The van der Waals surface area contributed by atoms with Crippen molar-refractivity contribution in [2.75, 3.05) is 24.7 Å². The monoisotopic (exact) mass is 386 g/mol. The maximum Gasteiger partial charge on any atom is 0.0716 e. The Balaban J connectivity index is 1.26. The summed E-state index contributed by atoms with van der Waals surface area (Å²) in [6.45, 7) is 3.24. The smallest absolute Gasteiger partial charge is 0.0716 e. The molecule has 0 aliphatic rings. The van der Waals surface area contributed by atoms with Crippen LogP contribution in [0, 0.1) is 0 Å². The Morgan fingerprint density at radius 1 is 0.519 bits per heavy atom. The minimum absolute atomic E-state index is 0.741. The van der Waals surface area contributed by atoms with Gasteiger partial charge in [-0.3, -0.25) is 0 Å². The minimum Gasteiger partial charge on any atom is -0.377 e. The van der Waals surface area contributed by atoms with Gasteiger partial charge in [0.1, 0.15) is 0 Å². The van der Waals surface area contributed by atoms with Crippen LogP contribution in [0.5, 0.6) is 0 Å². The molecule has 0 fully saturated rings. The van der Waals surface area contributed by atoms with Crippen molar-refractivity contribution < 1.29 is 9.47 Å². The first-order valence-corrected chi connectivity index (χ1v) is 11.4. The third kappa shape index (κ3) is 11.9. The normalized spacial score (nSPS) is 11.0. The molecule has 0 spiro atoms. The summed E-state index contributed by atoms with van der Waals surface area (Å²) in [5.74, 6) is 2.56. The maximum absolute atomic E-state index is 5.72. The molecule has 3 heteroatoms. The van der Waals surface area contributed by atoms with Gasteiger partial charge in [0.2, 0.25) is 0 Å². The summed E-state index contributed by atoms with van der Waals surface area (Å²) >= 11 is 2.09. The molecule has 2 nitrogen and oxygen atoms in total. The first-order chi connectivity index (χ1) is 13.4. The Labute approximate surface area is 169 Å². The van der Waals surface area contributed by atoms with E-state index in [2.05, 4.69) is 60.3 Å². The van der Waals surface area contributed by atoms with Gasteiger partial charge in [-0.2, -0.15) is 11.8 Å². The van der Waals surface area contributed by atoms with Gasteiger partial charge in [-0.1, -0.05) is 73.5 Å². The molecule has 0 amide bonds. The molecule has 0 saturated carbocycles. The van der Waals surface area contributed by atoms with E-state index in [0.717, 1.165) is 26.4 Å². The van der Waals surface area contributed by atoms with Crippen molar-refractivity contribution in [2.45, 2.75) is 51.7 Å². The van der Waals surface area contributed by atoms with Gasteiger partial charge in [0.05, 0.1) is 13.2 Å².